The second-order valence-electron chi connectivity index (χ2n) is 9.59. The number of methoxy groups -OCH3 is 1. The number of hydrogen-bond acceptors (Lipinski definition) is 9. The van der Waals surface area contributed by atoms with Gasteiger partial charge >= 0.3 is 12.2 Å². The molecule has 2 saturated heterocycles. The van der Waals surface area contributed by atoms with Crippen LogP contribution in [-0.4, -0.2) is 92.5 Å². The SMILES string of the molecule is COC(=O)NC[C@@H]1OC(=O)N2c3ccc(-c4ccc(C5=NOC(CN6CCOCC6)C5)nc4)cc3CC12. The molecule has 0 bridgehead atoms. The third-order valence-corrected chi connectivity index (χ3v) is 7.30. The molecule has 11 nitrogen and oxygen atoms in total. The van der Waals surface area contributed by atoms with Crippen LogP contribution in [0.3, 0.4) is 0 Å². The van der Waals surface area contributed by atoms with Gasteiger partial charge in [-0.1, -0.05) is 17.3 Å². The first-order valence-corrected chi connectivity index (χ1v) is 12.5. The van der Waals surface area contributed by atoms with Gasteiger partial charge in [-0.2, -0.15) is 0 Å². The van der Waals surface area contributed by atoms with Gasteiger partial charge in [0, 0.05) is 37.8 Å². The number of ether oxygens (including phenoxy) is 3. The highest BCUT2D eigenvalue weighted by atomic mass is 16.6. The molecule has 5 heterocycles. The summed E-state index contributed by atoms with van der Waals surface area (Å²) in [5, 5.41) is 6.92. The van der Waals surface area contributed by atoms with E-state index in [1.165, 1.54) is 7.11 Å². The number of oxime groups is 1. The quantitative estimate of drug-likeness (QED) is 0.633. The largest absolute Gasteiger partial charge is 0.453 e. The van der Waals surface area contributed by atoms with Crippen molar-refractivity contribution in [3.05, 3.63) is 47.8 Å². The highest BCUT2D eigenvalue weighted by Gasteiger charge is 2.47. The second kappa shape index (κ2) is 9.98. The molecule has 0 saturated carbocycles. The number of morpholine rings is 1. The Kier molecular flexibility index (Phi) is 6.39. The van der Waals surface area contributed by atoms with Crippen LogP contribution in [0.4, 0.5) is 15.3 Å². The molecule has 1 aromatic heterocycles. The van der Waals surface area contributed by atoms with Crippen LogP contribution in [0.1, 0.15) is 17.7 Å². The summed E-state index contributed by atoms with van der Waals surface area (Å²) in [4.78, 5) is 38.3. The third-order valence-electron chi connectivity index (χ3n) is 7.30. The smallest absolute Gasteiger partial charge is 0.415 e. The number of fused-ring (bicyclic) bond motifs is 3. The summed E-state index contributed by atoms with van der Waals surface area (Å²) in [5.41, 5.74) is 5.59. The zero-order valence-corrected chi connectivity index (χ0v) is 20.6. The highest BCUT2D eigenvalue weighted by Crippen LogP contribution is 2.40. The van der Waals surface area contributed by atoms with Gasteiger partial charge in [0.25, 0.3) is 0 Å². The fraction of sp³-hybridized carbons (Fsp3) is 0.462. The van der Waals surface area contributed by atoms with Crippen LogP contribution in [0.2, 0.25) is 0 Å². The monoisotopic (exact) mass is 507 g/mol. The molecule has 2 aromatic rings. The van der Waals surface area contributed by atoms with E-state index in [-0.39, 0.29) is 18.7 Å². The molecule has 4 aliphatic rings. The number of benzene rings is 1. The van der Waals surface area contributed by atoms with Crippen molar-refractivity contribution in [2.24, 2.45) is 5.16 Å². The van der Waals surface area contributed by atoms with Gasteiger partial charge in [0.05, 0.1) is 44.3 Å². The van der Waals surface area contributed by atoms with Crippen LogP contribution >= 0.6 is 0 Å². The van der Waals surface area contributed by atoms with Crippen LogP contribution in [0.25, 0.3) is 11.1 Å². The van der Waals surface area contributed by atoms with Crippen LogP contribution in [0.15, 0.2) is 41.7 Å². The average Bonchev–Trinajstić information content (AvgIpc) is 3.63. The predicted octanol–water partition coefficient (Wildman–Crippen LogP) is 2.18. The minimum atomic E-state index is -0.550. The van der Waals surface area contributed by atoms with Crippen LogP contribution in [-0.2, 0) is 25.5 Å². The molecule has 0 radical (unpaired) electrons. The molecule has 2 amide bonds. The third kappa shape index (κ3) is 4.72. The summed E-state index contributed by atoms with van der Waals surface area (Å²) in [7, 11) is 1.30. The Labute approximate surface area is 214 Å². The number of alkyl carbamates (subject to hydrolysis) is 1. The summed E-state index contributed by atoms with van der Waals surface area (Å²) in [6.45, 7) is 4.42. The molecule has 0 aliphatic carbocycles. The van der Waals surface area contributed by atoms with Gasteiger partial charge in [-0.3, -0.25) is 14.8 Å². The van der Waals surface area contributed by atoms with Gasteiger partial charge in [0.2, 0.25) is 0 Å². The van der Waals surface area contributed by atoms with Gasteiger partial charge in [-0.25, -0.2) is 9.59 Å². The van der Waals surface area contributed by atoms with E-state index < -0.39 is 18.3 Å². The number of cyclic esters (lactones) is 1. The van der Waals surface area contributed by atoms with E-state index in [2.05, 4.69) is 31.2 Å². The summed E-state index contributed by atoms with van der Waals surface area (Å²) < 4.78 is 15.5. The van der Waals surface area contributed by atoms with Crippen molar-refractivity contribution in [3.8, 4) is 11.1 Å². The normalized spacial score (nSPS) is 24.7. The Balaban J connectivity index is 1.11. The first-order valence-electron chi connectivity index (χ1n) is 12.5. The fourth-order valence-corrected chi connectivity index (χ4v) is 5.37. The molecule has 2 unspecified atom stereocenters. The van der Waals surface area contributed by atoms with Crippen LogP contribution in [0, 0.1) is 0 Å². The van der Waals surface area contributed by atoms with E-state index in [1.54, 1.807) is 4.90 Å². The Morgan fingerprint density at radius 2 is 2.00 bits per heavy atom. The van der Waals surface area contributed by atoms with Gasteiger partial charge < -0.3 is 24.4 Å². The number of nitrogens with zero attached hydrogens (tertiary/aromatic N) is 4. The molecular weight excluding hydrogens is 478 g/mol. The molecule has 6 rings (SSSR count). The number of rotatable bonds is 6. The van der Waals surface area contributed by atoms with Crippen molar-refractivity contribution in [2.75, 3.05) is 51.4 Å². The van der Waals surface area contributed by atoms with E-state index in [4.69, 9.17) is 14.3 Å². The van der Waals surface area contributed by atoms with Crippen LogP contribution in [0.5, 0.6) is 0 Å². The number of hydrogen-bond donors (Lipinski definition) is 1. The van der Waals surface area contributed by atoms with E-state index in [9.17, 15) is 9.59 Å². The minimum absolute atomic E-state index is 0.0408. The summed E-state index contributed by atoms with van der Waals surface area (Å²) >= 11 is 0. The van der Waals surface area contributed by atoms with Gasteiger partial charge in [-0.15, -0.1) is 0 Å². The molecule has 37 heavy (non-hydrogen) atoms. The van der Waals surface area contributed by atoms with Crippen molar-refractivity contribution < 1.29 is 28.6 Å². The Morgan fingerprint density at radius 3 is 2.78 bits per heavy atom. The maximum Gasteiger partial charge on any atom is 0.415 e. The van der Waals surface area contributed by atoms with Gasteiger partial charge in [-0.05, 0) is 35.7 Å². The number of nitrogens with one attached hydrogen (secondary N) is 1. The Hall–Kier alpha value is -3.70. The minimum Gasteiger partial charge on any atom is -0.453 e. The lowest BCUT2D eigenvalue weighted by Gasteiger charge is -2.27. The topological polar surface area (TPSA) is 115 Å². The molecule has 3 atom stereocenters. The first kappa shape index (κ1) is 23.7. The lowest BCUT2D eigenvalue weighted by Crippen LogP contribution is -2.41. The molecular formula is C26H29N5O6. The number of carbonyl (C=O) groups is 2. The lowest BCUT2D eigenvalue weighted by molar-refractivity contribution is -0.0000406. The predicted molar refractivity (Wildman–Crippen MR) is 134 cm³/mol. The van der Waals surface area contributed by atoms with E-state index >= 15 is 0 Å². The number of aromatic nitrogens is 1. The first-order chi connectivity index (χ1) is 18.1. The highest BCUT2D eigenvalue weighted by molar-refractivity contribution is 6.00. The average molecular weight is 508 g/mol. The Bertz CT molecular complexity index is 1210. The lowest BCUT2D eigenvalue weighted by atomic mass is 10.00. The number of amides is 2. The van der Waals surface area contributed by atoms with Gasteiger partial charge in [0.15, 0.2) is 0 Å². The van der Waals surface area contributed by atoms with Gasteiger partial charge in [0.1, 0.15) is 17.9 Å². The molecule has 1 aromatic carbocycles. The number of anilines is 1. The van der Waals surface area contributed by atoms with E-state index in [0.29, 0.717) is 6.42 Å². The standard InChI is InChI=1S/C26H29N5O6/c1-34-25(32)28-14-24-23-11-18-10-16(3-5-22(18)31(23)26(33)36-24)17-2-4-20(27-13-17)21-12-19(37-29-21)15-30-6-8-35-9-7-30/h2-5,10,13,19,23-24H,6-9,11-12,14-15H2,1H3,(H,28,32)/t19?,23?,24-/m0/s1. The fourth-order valence-electron chi connectivity index (χ4n) is 5.37. The van der Waals surface area contributed by atoms with Crippen molar-refractivity contribution in [2.45, 2.75) is 31.1 Å². The van der Waals surface area contributed by atoms with Crippen molar-refractivity contribution in [3.63, 3.8) is 0 Å². The zero-order valence-electron chi connectivity index (χ0n) is 20.6. The summed E-state index contributed by atoms with van der Waals surface area (Å²) in [6.07, 6.45) is 1.89. The van der Waals surface area contributed by atoms with Crippen molar-refractivity contribution >= 4 is 23.6 Å². The molecule has 11 heteroatoms. The van der Waals surface area contributed by atoms with E-state index in [1.807, 2.05) is 30.5 Å². The summed E-state index contributed by atoms with van der Waals surface area (Å²) in [6, 6.07) is 9.88. The second-order valence-corrected chi connectivity index (χ2v) is 9.59. The maximum absolute atomic E-state index is 12.5. The molecule has 0 spiro atoms. The number of carbonyl (C=O) groups excluding carboxylic acids is 2. The molecule has 1 N–H and O–H groups in total. The van der Waals surface area contributed by atoms with Crippen LogP contribution < -0.4 is 10.2 Å². The maximum atomic E-state index is 12.5. The molecule has 2 fully saturated rings. The van der Waals surface area contributed by atoms with Crippen molar-refractivity contribution in [1.82, 2.24) is 15.2 Å². The van der Waals surface area contributed by atoms with E-state index in [0.717, 1.165) is 73.1 Å². The molecule has 4 aliphatic heterocycles. The van der Waals surface area contributed by atoms with Crippen molar-refractivity contribution in [1.29, 1.82) is 0 Å². The summed E-state index contributed by atoms with van der Waals surface area (Å²) in [5.74, 6) is 0. The number of pyridine rings is 1. The molecule has 194 valence electrons. The zero-order chi connectivity index (χ0) is 25.4. The Morgan fingerprint density at radius 1 is 1.16 bits per heavy atom.